The van der Waals surface area contributed by atoms with Crippen LogP contribution >= 0.6 is 15.9 Å². The van der Waals surface area contributed by atoms with Gasteiger partial charge in [0.15, 0.2) is 17.8 Å². The summed E-state index contributed by atoms with van der Waals surface area (Å²) < 4.78 is 40.0. The summed E-state index contributed by atoms with van der Waals surface area (Å²) in [5.74, 6) is -1.23. The van der Waals surface area contributed by atoms with Crippen molar-refractivity contribution in [3.63, 3.8) is 0 Å². The highest BCUT2D eigenvalue weighted by Gasteiger charge is 2.34. The quantitative estimate of drug-likeness (QED) is 0.635. The Morgan fingerprint density at radius 1 is 1.41 bits per heavy atom. The fourth-order valence-electron chi connectivity index (χ4n) is 1.22. The van der Waals surface area contributed by atoms with Gasteiger partial charge in [0.25, 0.3) is 0 Å². The van der Waals surface area contributed by atoms with Gasteiger partial charge in [-0.05, 0) is 35.0 Å². The lowest BCUT2D eigenvalue weighted by atomic mass is 10.0. The molecular formula is C10H6BrF3O3. The van der Waals surface area contributed by atoms with Crippen LogP contribution in [0.15, 0.2) is 16.6 Å². The van der Waals surface area contributed by atoms with Crippen molar-refractivity contribution in [3.8, 4) is 5.75 Å². The number of carbonyl (C=O) groups excluding carboxylic acids is 2. The molecule has 0 N–H and O–H groups in total. The Morgan fingerprint density at radius 3 is 2.41 bits per heavy atom. The third-order valence-corrected chi connectivity index (χ3v) is 2.49. The number of carbonyl (C=O) groups is 2. The predicted molar refractivity (Wildman–Crippen MR) is 56.2 cm³/mol. The second kappa shape index (κ2) is 4.87. The Labute approximate surface area is 103 Å². The molecule has 0 aliphatic carbocycles. The largest absolute Gasteiger partial charge is 0.573 e. The topological polar surface area (TPSA) is 43.4 Å². The number of hydrogen-bond acceptors (Lipinski definition) is 3. The molecule has 92 valence electrons. The molecule has 0 bridgehead atoms. The molecule has 1 aromatic rings. The van der Waals surface area contributed by atoms with E-state index in [1.165, 1.54) is 12.1 Å². The Hall–Kier alpha value is -1.37. The molecule has 0 heterocycles. The van der Waals surface area contributed by atoms with Crippen LogP contribution in [0, 0.1) is 0 Å². The SMILES string of the molecule is CC(=O)c1ccc(Br)c(OC(F)(F)F)c1C=O. The maximum atomic E-state index is 12.1. The zero-order chi connectivity index (χ0) is 13.2. The van der Waals surface area contributed by atoms with E-state index in [9.17, 15) is 22.8 Å². The van der Waals surface area contributed by atoms with Crippen LogP contribution in [-0.2, 0) is 0 Å². The second-order valence-electron chi connectivity index (χ2n) is 3.06. The first-order chi connectivity index (χ1) is 7.76. The molecule has 0 unspecified atom stereocenters. The number of aldehydes is 1. The van der Waals surface area contributed by atoms with Crippen molar-refractivity contribution in [1.29, 1.82) is 0 Å². The molecule has 0 amide bonds. The first-order valence-electron chi connectivity index (χ1n) is 4.30. The number of ether oxygens (including phenoxy) is 1. The molecular weight excluding hydrogens is 305 g/mol. The molecule has 0 radical (unpaired) electrons. The monoisotopic (exact) mass is 310 g/mol. The second-order valence-corrected chi connectivity index (χ2v) is 3.91. The Bertz CT molecular complexity index is 469. The highest BCUT2D eigenvalue weighted by Crippen LogP contribution is 2.35. The summed E-state index contributed by atoms with van der Waals surface area (Å²) in [5.41, 5.74) is -0.549. The molecule has 0 aromatic heterocycles. The fourth-order valence-corrected chi connectivity index (χ4v) is 1.64. The summed E-state index contributed by atoms with van der Waals surface area (Å²) in [4.78, 5) is 21.9. The van der Waals surface area contributed by atoms with Crippen LogP contribution in [0.4, 0.5) is 13.2 Å². The molecule has 0 atom stereocenters. The average molecular weight is 311 g/mol. The minimum atomic E-state index is -4.93. The molecule has 0 aliphatic rings. The molecule has 0 saturated heterocycles. The third-order valence-electron chi connectivity index (χ3n) is 1.86. The number of hydrogen-bond donors (Lipinski definition) is 0. The van der Waals surface area contributed by atoms with Gasteiger partial charge in [0.1, 0.15) is 0 Å². The van der Waals surface area contributed by atoms with Gasteiger partial charge >= 0.3 is 6.36 Å². The van der Waals surface area contributed by atoms with E-state index in [4.69, 9.17) is 0 Å². The van der Waals surface area contributed by atoms with Gasteiger partial charge in [0.05, 0.1) is 10.0 Å². The zero-order valence-corrected chi connectivity index (χ0v) is 10.1. The fraction of sp³-hybridized carbons (Fsp3) is 0.200. The molecule has 3 nitrogen and oxygen atoms in total. The summed E-state index contributed by atoms with van der Waals surface area (Å²) in [6.07, 6.45) is -4.78. The van der Waals surface area contributed by atoms with Crippen molar-refractivity contribution in [2.75, 3.05) is 0 Å². The van der Waals surface area contributed by atoms with E-state index in [0.29, 0.717) is 0 Å². The Balaban J connectivity index is 3.41. The number of rotatable bonds is 3. The number of benzene rings is 1. The normalized spacial score (nSPS) is 11.1. The standard InChI is InChI=1S/C10H6BrF3O3/c1-5(16)6-2-3-8(11)9(7(6)4-15)17-10(12,13)14/h2-4H,1H3. The van der Waals surface area contributed by atoms with E-state index in [1.54, 1.807) is 0 Å². The van der Waals surface area contributed by atoms with Crippen molar-refractivity contribution in [1.82, 2.24) is 0 Å². The van der Waals surface area contributed by atoms with Crippen LogP contribution in [0.3, 0.4) is 0 Å². The Kier molecular flexibility index (Phi) is 3.92. The van der Waals surface area contributed by atoms with E-state index in [-0.39, 0.29) is 16.3 Å². The van der Waals surface area contributed by atoms with E-state index < -0.39 is 23.5 Å². The van der Waals surface area contributed by atoms with Gasteiger partial charge in [-0.25, -0.2) is 0 Å². The van der Waals surface area contributed by atoms with Crippen molar-refractivity contribution in [2.24, 2.45) is 0 Å². The van der Waals surface area contributed by atoms with Crippen molar-refractivity contribution in [2.45, 2.75) is 13.3 Å². The van der Waals surface area contributed by atoms with Gasteiger partial charge < -0.3 is 4.74 Å². The van der Waals surface area contributed by atoms with Crippen molar-refractivity contribution in [3.05, 3.63) is 27.7 Å². The Morgan fingerprint density at radius 2 is 2.00 bits per heavy atom. The van der Waals surface area contributed by atoms with E-state index >= 15 is 0 Å². The van der Waals surface area contributed by atoms with Gasteiger partial charge in [-0.3, -0.25) is 9.59 Å². The lowest BCUT2D eigenvalue weighted by Crippen LogP contribution is -2.19. The number of Topliss-reactive ketones (excluding diaryl/α,β-unsaturated/α-hetero) is 1. The van der Waals surface area contributed by atoms with Crippen LogP contribution in [0.25, 0.3) is 0 Å². The molecule has 0 saturated carbocycles. The van der Waals surface area contributed by atoms with Crippen molar-refractivity contribution >= 4 is 28.0 Å². The van der Waals surface area contributed by atoms with Gasteiger partial charge in [0, 0.05) is 5.56 Å². The van der Waals surface area contributed by atoms with Gasteiger partial charge in [0.2, 0.25) is 0 Å². The summed E-state index contributed by atoms with van der Waals surface area (Å²) in [6, 6.07) is 2.46. The number of alkyl halides is 3. The summed E-state index contributed by atoms with van der Waals surface area (Å²) >= 11 is 2.83. The first-order valence-corrected chi connectivity index (χ1v) is 5.10. The van der Waals surface area contributed by atoms with Gasteiger partial charge in [-0.1, -0.05) is 0 Å². The summed E-state index contributed by atoms with van der Waals surface area (Å²) in [7, 11) is 0. The maximum absolute atomic E-state index is 12.1. The van der Waals surface area contributed by atoms with Crippen molar-refractivity contribution < 1.29 is 27.5 Å². The lowest BCUT2D eigenvalue weighted by Gasteiger charge is -2.14. The lowest BCUT2D eigenvalue weighted by molar-refractivity contribution is -0.275. The van der Waals surface area contributed by atoms with Crippen LogP contribution in [0.1, 0.15) is 27.6 Å². The molecule has 17 heavy (non-hydrogen) atoms. The predicted octanol–water partition coefficient (Wildman–Crippen LogP) is 3.36. The average Bonchev–Trinajstić information content (AvgIpc) is 2.18. The minimum absolute atomic E-state index is 0.0538. The van der Waals surface area contributed by atoms with Crippen LogP contribution in [0.2, 0.25) is 0 Å². The van der Waals surface area contributed by atoms with E-state index in [0.717, 1.165) is 6.92 Å². The number of ketones is 1. The van der Waals surface area contributed by atoms with E-state index in [2.05, 4.69) is 20.7 Å². The molecule has 7 heteroatoms. The molecule has 1 aromatic carbocycles. The zero-order valence-electron chi connectivity index (χ0n) is 8.47. The van der Waals surface area contributed by atoms with Crippen LogP contribution in [0.5, 0.6) is 5.75 Å². The molecule has 0 fully saturated rings. The first kappa shape index (κ1) is 13.7. The van der Waals surface area contributed by atoms with Crippen LogP contribution < -0.4 is 4.74 Å². The highest BCUT2D eigenvalue weighted by atomic mass is 79.9. The van der Waals surface area contributed by atoms with Gasteiger partial charge in [-0.2, -0.15) is 0 Å². The highest BCUT2D eigenvalue weighted by molar-refractivity contribution is 9.10. The molecule has 0 aliphatic heterocycles. The van der Waals surface area contributed by atoms with Gasteiger partial charge in [-0.15, -0.1) is 13.2 Å². The maximum Gasteiger partial charge on any atom is 0.573 e. The van der Waals surface area contributed by atoms with Crippen LogP contribution in [-0.4, -0.2) is 18.4 Å². The third kappa shape index (κ3) is 3.29. The summed E-state index contributed by atoms with van der Waals surface area (Å²) in [6.45, 7) is 1.15. The minimum Gasteiger partial charge on any atom is -0.404 e. The smallest absolute Gasteiger partial charge is 0.404 e. The summed E-state index contributed by atoms with van der Waals surface area (Å²) in [5, 5.41) is 0. The molecule has 1 rings (SSSR count). The van der Waals surface area contributed by atoms with E-state index in [1.807, 2.05) is 0 Å². The number of halogens is 4. The molecule has 0 spiro atoms.